The van der Waals surface area contributed by atoms with Crippen molar-refractivity contribution in [1.29, 1.82) is 0 Å². The van der Waals surface area contributed by atoms with Crippen LogP contribution in [0.3, 0.4) is 0 Å². The molecule has 0 unspecified atom stereocenters. The first kappa shape index (κ1) is 19.7. The molecule has 152 valence electrons. The van der Waals surface area contributed by atoms with Gasteiger partial charge in [-0.05, 0) is 55.2 Å². The van der Waals surface area contributed by atoms with Crippen LogP contribution >= 0.6 is 11.6 Å². The average Bonchev–Trinajstić information content (AvgIpc) is 3.02. The lowest BCUT2D eigenvalue weighted by molar-refractivity contribution is 0.0730. The fourth-order valence-electron chi connectivity index (χ4n) is 4.10. The van der Waals surface area contributed by atoms with E-state index in [2.05, 4.69) is 5.32 Å². The maximum Gasteiger partial charge on any atom is 0.258 e. The molecule has 0 aliphatic carbocycles. The van der Waals surface area contributed by atoms with Crippen LogP contribution in [0.4, 0.5) is 4.39 Å². The highest BCUT2D eigenvalue weighted by molar-refractivity contribution is 6.33. The average molecular weight is 417 g/mol. The standard InChI is InChI=1S/C22H22ClFN2O3/c1-11-14(8-13-4-5-15(17(24)9-13)21(27)25-3)10-16-20(19(11)23)29-18-6-7-26(12(18)2)22(16)28/h4-5,9-10,12,18H,6-8H2,1-3H3,(H,25,27)/t12-,18+/m1/s1. The van der Waals surface area contributed by atoms with Gasteiger partial charge in [-0.2, -0.15) is 0 Å². The van der Waals surface area contributed by atoms with Crippen molar-refractivity contribution in [3.05, 3.63) is 62.9 Å². The minimum Gasteiger partial charge on any atom is -0.486 e. The molecule has 0 saturated carbocycles. The first-order valence-corrected chi connectivity index (χ1v) is 9.99. The van der Waals surface area contributed by atoms with Gasteiger partial charge in [-0.3, -0.25) is 9.59 Å². The third-order valence-electron chi connectivity index (χ3n) is 5.92. The van der Waals surface area contributed by atoms with Gasteiger partial charge in [0.1, 0.15) is 11.9 Å². The van der Waals surface area contributed by atoms with Gasteiger partial charge < -0.3 is 15.0 Å². The molecule has 2 amide bonds. The van der Waals surface area contributed by atoms with E-state index in [0.29, 0.717) is 34.9 Å². The molecule has 2 aliphatic rings. The number of nitrogens with one attached hydrogen (secondary N) is 1. The van der Waals surface area contributed by atoms with Gasteiger partial charge in [-0.25, -0.2) is 4.39 Å². The first-order valence-electron chi connectivity index (χ1n) is 9.62. The van der Waals surface area contributed by atoms with E-state index in [1.807, 2.05) is 18.7 Å². The van der Waals surface area contributed by atoms with E-state index in [1.165, 1.54) is 19.2 Å². The fourth-order valence-corrected chi connectivity index (χ4v) is 4.37. The Hall–Kier alpha value is -2.60. The second-order valence-electron chi connectivity index (χ2n) is 7.61. The van der Waals surface area contributed by atoms with E-state index >= 15 is 0 Å². The molecule has 0 radical (unpaired) electrons. The monoisotopic (exact) mass is 416 g/mol. The number of hydrogen-bond donors (Lipinski definition) is 1. The second-order valence-corrected chi connectivity index (χ2v) is 7.98. The summed E-state index contributed by atoms with van der Waals surface area (Å²) in [6, 6.07) is 6.32. The van der Waals surface area contributed by atoms with Crippen LogP contribution < -0.4 is 10.1 Å². The van der Waals surface area contributed by atoms with Crippen molar-refractivity contribution in [3.63, 3.8) is 0 Å². The number of ether oxygens (including phenoxy) is 1. The fraction of sp³-hybridized carbons (Fsp3) is 0.364. The summed E-state index contributed by atoms with van der Waals surface area (Å²) in [5, 5.41) is 2.84. The van der Waals surface area contributed by atoms with Gasteiger partial charge >= 0.3 is 0 Å². The molecule has 2 aliphatic heterocycles. The second kappa shape index (κ2) is 7.34. The summed E-state index contributed by atoms with van der Waals surface area (Å²) >= 11 is 6.60. The number of carbonyl (C=O) groups excluding carboxylic acids is 2. The number of hydrogen-bond acceptors (Lipinski definition) is 3. The summed E-state index contributed by atoms with van der Waals surface area (Å²) in [5.41, 5.74) is 2.76. The number of amides is 2. The molecule has 1 N–H and O–H groups in total. The lowest BCUT2D eigenvalue weighted by Crippen LogP contribution is -2.36. The Kier molecular flexibility index (Phi) is 4.99. The number of halogens is 2. The molecule has 2 atom stereocenters. The van der Waals surface area contributed by atoms with E-state index in [4.69, 9.17) is 16.3 Å². The molecule has 1 saturated heterocycles. The summed E-state index contributed by atoms with van der Waals surface area (Å²) in [6.45, 7) is 4.52. The molecular weight excluding hydrogens is 395 g/mol. The van der Waals surface area contributed by atoms with E-state index in [-0.39, 0.29) is 23.6 Å². The Morgan fingerprint density at radius 3 is 2.83 bits per heavy atom. The van der Waals surface area contributed by atoms with Crippen molar-refractivity contribution >= 4 is 23.4 Å². The molecule has 2 aromatic carbocycles. The molecular formula is C22H22ClFN2O3. The highest BCUT2D eigenvalue weighted by Crippen LogP contribution is 2.41. The quantitative estimate of drug-likeness (QED) is 0.829. The van der Waals surface area contributed by atoms with Crippen molar-refractivity contribution in [3.8, 4) is 5.75 Å². The normalized spacial score (nSPS) is 20.2. The van der Waals surface area contributed by atoms with E-state index in [9.17, 15) is 14.0 Å². The minimum absolute atomic E-state index is 0.000995. The zero-order valence-electron chi connectivity index (χ0n) is 16.5. The van der Waals surface area contributed by atoms with Crippen LogP contribution in [0.15, 0.2) is 24.3 Å². The highest BCUT2D eigenvalue weighted by Gasteiger charge is 2.41. The van der Waals surface area contributed by atoms with Crippen LogP contribution in [-0.4, -0.2) is 42.5 Å². The molecule has 4 rings (SSSR count). The van der Waals surface area contributed by atoms with Crippen LogP contribution in [0.5, 0.6) is 5.75 Å². The number of fused-ring (bicyclic) bond motifs is 3. The zero-order chi connectivity index (χ0) is 20.9. The van der Waals surface area contributed by atoms with Gasteiger partial charge in [0.15, 0.2) is 5.75 Å². The molecule has 2 bridgehead atoms. The summed E-state index contributed by atoms with van der Waals surface area (Å²) in [4.78, 5) is 26.6. The van der Waals surface area contributed by atoms with Crippen LogP contribution in [-0.2, 0) is 6.42 Å². The highest BCUT2D eigenvalue weighted by atomic mass is 35.5. The maximum absolute atomic E-state index is 14.3. The third-order valence-corrected chi connectivity index (χ3v) is 6.37. The Labute approximate surface area is 173 Å². The van der Waals surface area contributed by atoms with Crippen molar-refractivity contribution in [1.82, 2.24) is 10.2 Å². The lowest BCUT2D eigenvalue weighted by atomic mass is 9.96. The summed E-state index contributed by atoms with van der Waals surface area (Å²) in [6.07, 6.45) is 1.12. The third kappa shape index (κ3) is 3.25. The molecule has 5 nitrogen and oxygen atoms in total. The molecule has 7 heteroatoms. The Bertz CT molecular complexity index is 1020. The van der Waals surface area contributed by atoms with Gasteiger partial charge in [0.25, 0.3) is 11.8 Å². The number of rotatable bonds is 3. The van der Waals surface area contributed by atoms with Crippen molar-refractivity contribution in [2.24, 2.45) is 0 Å². The summed E-state index contributed by atoms with van der Waals surface area (Å²) in [7, 11) is 1.46. The number of carbonyl (C=O) groups is 2. The summed E-state index contributed by atoms with van der Waals surface area (Å²) in [5.74, 6) is -0.703. The molecule has 29 heavy (non-hydrogen) atoms. The van der Waals surface area contributed by atoms with Gasteiger partial charge in [0.2, 0.25) is 0 Å². The Balaban J connectivity index is 1.72. The molecule has 1 fully saturated rings. The molecule has 0 spiro atoms. The van der Waals surface area contributed by atoms with Crippen LogP contribution in [0, 0.1) is 12.7 Å². The number of nitrogens with zero attached hydrogens (tertiary/aromatic N) is 1. The lowest BCUT2D eigenvalue weighted by Gasteiger charge is -2.20. The first-order chi connectivity index (χ1) is 13.8. The van der Waals surface area contributed by atoms with Gasteiger partial charge in [-0.15, -0.1) is 0 Å². The largest absolute Gasteiger partial charge is 0.486 e. The van der Waals surface area contributed by atoms with E-state index < -0.39 is 11.7 Å². The Morgan fingerprint density at radius 2 is 2.14 bits per heavy atom. The topological polar surface area (TPSA) is 58.6 Å². The van der Waals surface area contributed by atoms with Crippen LogP contribution in [0.1, 0.15) is 50.8 Å². The van der Waals surface area contributed by atoms with Crippen molar-refractivity contribution in [2.45, 2.75) is 38.8 Å². The SMILES string of the molecule is CNC(=O)c1ccc(Cc2cc3c(c(Cl)c2C)O[C@H]2CCN(C3=O)[C@@H]2C)cc1F. The van der Waals surface area contributed by atoms with Gasteiger partial charge in [0.05, 0.1) is 22.2 Å². The predicted octanol–water partition coefficient (Wildman–Crippen LogP) is 3.73. The number of benzene rings is 2. The molecule has 2 aromatic rings. The summed E-state index contributed by atoms with van der Waals surface area (Å²) < 4.78 is 20.5. The van der Waals surface area contributed by atoms with Gasteiger partial charge in [-0.1, -0.05) is 17.7 Å². The predicted molar refractivity (Wildman–Crippen MR) is 108 cm³/mol. The smallest absolute Gasteiger partial charge is 0.258 e. The van der Waals surface area contributed by atoms with Crippen molar-refractivity contribution in [2.75, 3.05) is 13.6 Å². The molecule has 0 aromatic heterocycles. The van der Waals surface area contributed by atoms with E-state index in [1.54, 1.807) is 12.1 Å². The minimum atomic E-state index is -0.586. The Morgan fingerprint density at radius 1 is 1.38 bits per heavy atom. The molecule has 2 heterocycles. The zero-order valence-corrected chi connectivity index (χ0v) is 17.3. The van der Waals surface area contributed by atoms with Gasteiger partial charge in [0, 0.05) is 20.0 Å². The van der Waals surface area contributed by atoms with Crippen LogP contribution in [0.2, 0.25) is 5.02 Å². The van der Waals surface area contributed by atoms with E-state index in [0.717, 1.165) is 17.5 Å². The van der Waals surface area contributed by atoms with Crippen LogP contribution in [0.25, 0.3) is 0 Å². The maximum atomic E-state index is 14.3. The van der Waals surface area contributed by atoms with Crippen molar-refractivity contribution < 1.29 is 18.7 Å².